The summed E-state index contributed by atoms with van der Waals surface area (Å²) in [5.41, 5.74) is -1.01. The molecule has 0 aromatic heterocycles. The van der Waals surface area contributed by atoms with Crippen LogP contribution in [0.15, 0.2) is 0 Å². The Kier molecular flexibility index (Phi) is 14.7. The van der Waals surface area contributed by atoms with Crippen LogP contribution in [0.2, 0.25) is 31.4 Å². The van der Waals surface area contributed by atoms with Crippen LogP contribution in [0.25, 0.3) is 0 Å². The van der Waals surface area contributed by atoms with E-state index in [2.05, 4.69) is 68.5 Å². The fourth-order valence-corrected chi connectivity index (χ4v) is 24.1. The SMILES string of the molecule is CCC[CH2][Sn]([CH2]CCC)([CH2]CCC)[C@@H](CCCCO[Si](C)(C)C(C)(C)C)OC(=O)N1C(C)(C)COC1(C)C. The molecular weight excluding hydrogens is 597 g/mol. The Morgan fingerprint density at radius 3 is 1.82 bits per heavy atom. The van der Waals surface area contributed by atoms with Gasteiger partial charge < -0.3 is 0 Å². The molecule has 0 unspecified atom stereocenters. The van der Waals surface area contributed by atoms with E-state index in [1.165, 1.54) is 51.8 Å². The van der Waals surface area contributed by atoms with Gasteiger partial charge in [0.05, 0.1) is 0 Å². The van der Waals surface area contributed by atoms with Gasteiger partial charge in [-0.15, -0.1) is 0 Å². The number of rotatable bonds is 17. The third-order valence-corrected chi connectivity index (χ3v) is 30.4. The van der Waals surface area contributed by atoms with Crippen molar-refractivity contribution in [2.45, 2.75) is 174 Å². The molecule has 7 heteroatoms. The Morgan fingerprint density at radius 1 is 0.921 bits per heavy atom. The quantitative estimate of drug-likeness (QED) is 0.115. The van der Waals surface area contributed by atoms with Crippen molar-refractivity contribution in [3.63, 3.8) is 0 Å². The summed E-state index contributed by atoms with van der Waals surface area (Å²) in [6.07, 6.45) is 10.4. The molecule has 0 aromatic rings. The molecule has 38 heavy (non-hydrogen) atoms. The second-order valence-corrected chi connectivity index (χ2v) is 33.2. The van der Waals surface area contributed by atoms with Gasteiger partial charge in [-0.3, -0.25) is 0 Å². The summed E-state index contributed by atoms with van der Waals surface area (Å²) in [5, 5.41) is 0.231. The summed E-state index contributed by atoms with van der Waals surface area (Å²) in [7, 11) is -1.74. The van der Waals surface area contributed by atoms with Crippen molar-refractivity contribution in [2.24, 2.45) is 0 Å². The van der Waals surface area contributed by atoms with Gasteiger partial charge in [0.1, 0.15) is 0 Å². The van der Waals surface area contributed by atoms with Crippen molar-refractivity contribution in [1.82, 2.24) is 4.90 Å². The summed E-state index contributed by atoms with van der Waals surface area (Å²) in [6.45, 7) is 28.0. The fraction of sp³-hybridized carbons (Fsp3) is 0.968. The van der Waals surface area contributed by atoms with Gasteiger partial charge in [-0.05, 0) is 0 Å². The molecule has 1 aliphatic rings. The van der Waals surface area contributed by atoms with Crippen LogP contribution < -0.4 is 0 Å². The number of nitrogens with zero attached hydrogens (tertiary/aromatic N) is 1. The molecule has 1 saturated heterocycles. The van der Waals surface area contributed by atoms with E-state index in [0.29, 0.717) is 6.61 Å². The molecule has 1 fully saturated rings. The Labute approximate surface area is 242 Å². The molecule has 0 spiro atoms. The van der Waals surface area contributed by atoms with E-state index in [4.69, 9.17) is 13.9 Å². The van der Waals surface area contributed by atoms with Gasteiger partial charge in [-0.1, -0.05) is 0 Å². The molecule has 1 atom stereocenters. The molecule has 0 aromatic carbocycles. The van der Waals surface area contributed by atoms with E-state index >= 15 is 0 Å². The first-order valence-electron chi connectivity index (χ1n) is 15.8. The van der Waals surface area contributed by atoms with Crippen LogP contribution in [0.4, 0.5) is 4.79 Å². The van der Waals surface area contributed by atoms with Crippen LogP contribution in [0, 0.1) is 0 Å². The molecule has 0 saturated carbocycles. The molecule has 1 rings (SSSR count). The van der Waals surface area contributed by atoms with E-state index in [1.54, 1.807) is 0 Å². The van der Waals surface area contributed by atoms with Crippen molar-refractivity contribution < 1.29 is 18.7 Å². The Morgan fingerprint density at radius 2 is 1.42 bits per heavy atom. The molecule has 1 aliphatic heterocycles. The zero-order chi connectivity index (χ0) is 29.3. The number of hydrogen-bond acceptors (Lipinski definition) is 4. The van der Waals surface area contributed by atoms with Gasteiger partial charge in [0.25, 0.3) is 0 Å². The third kappa shape index (κ3) is 10.2. The molecule has 226 valence electrons. The molecule has 1 amide bonds. The van der Waals surface area contributed by atoms with Crippen LogP contribution in [0.5, 0.6) is 0 Å². The van der Waals surface area contributed by atoms with Crippen molar-refractivity contribution in [3.8, 4) is 0 Å². The molecule has 0 bridgehead atoms. The maximum atomic E-state index is 13.9. The van der Waals surface area contributed by atoms with Crippen molar-refractivity contribution in [2.75, 3.05) is 13.2 Å². The standard InChI is InChI=1S/C19H38NO4Si.3C4H9.Sn/c1-17(2,3)25(8,9)24-14-12-10-11-13-22-16(21)20-18(4,5)15-23-19(20,6)7;3*1-3-4-2;/h13H,10-12,14-15H2,1-9H3;3*1,3-4H2,2H3;. The summed E-state index contributed by atoms with van der Waals surface area (Å²) in [6, 6.07) is 0. The van der Waals surface area contributed by atoms with Gasteiger partial charge in [-0.2, -0.15) is 0 Å². The third-order valence-electron chi connectivity index (χ3n) is 9.25. The van der Waals surface area contributed by atoms with E-state index < -0.39 is 32.4 Å². The normalized spacial score (nSPS) is 18.6. The maximum absolute atomic E-state index is 13.9. The van der Waals surface area contributed by atoms with Crippen LogP contribution >= 0.6 is 0 Å². The van der Waals surface area contributed by atoms with Crippen molar-refractivity contribution in [1.29, 1.82) is 0 Å². The van der Waals surface area contributed by atoms with Crippen LogP contribution in [-0.4, -0.2) is 66.3 Å². The number of carbonyl (C=O) groups is 1. The minimum atomic E-state index is -2.84. The fourth-order valence-electron chi connectivity index (χ4n) is 5.76. The van der Waals surface area contributed by atoms with Crippen LogP contribution in [-0.2, 0) is 13.9 Å². The second kappa shape index (κ2) is 15.4. The van der Waals surface area contributed by atoms with E-state index in [0.717, 1.165) is 25.9 Å². The van der Waals surface area contributed by atoms with Gasteiger partial charge in [0, 0.05) is 0 Å². The molecule has 1 heterocycles. The van der Waals surface area contributed by atoms with Crippen molar-refractivity contribution >= 4 is 32.8 Å². The zero-order valence-electron chi connectivity index (χ0n) is 27.6. The Bertz CT molecular complexity index is 667. The first-order valence-corrected chi connectivity index (χ1v) is 26.4. The van der Waals surface area contributed by atoms with E-state index in [9.17, 15) is 4.79 Å². The summed E-state index contributed by atoms with van der Waals surface area (Å²) in [5.74, 6) is 0. The topological polar surface area (TPSA) is 48.0 Å². The summed E-state index contributed by atoms with van der Waals surface area (Å²) >= 11 is -2.84. The predicted molar refractivity (Wildman–Crippen MR) is 168 cm³/mol. The molecule has 5 nitrogen and oxygen atoms in total. The monoisotopic (exact) mass is 663 g/mol. The second-order valence-electron chi connectivity index (χ2n) is 14.5. The number of ether oxygens (including phenoxy) is 2. The molecular formula is C31H65NO4SiSn. The van der Waals surface area contributed by atoms with Gasteiger partial charge in [0.2, 0.25) is 0 Å². The Hall–Kier alpha value is 0.206. The van der Waals surface area contributed by atoms with Crippen molar-refractivity contribution in [3.05, 3.63) is 0 Å². The average Bonchev–Trinajstić information content (AvgIpc) is 3.04. The molecule has 0 N–H and O–H groups in total. The number of carbonyl (C=O) groups excluding carboxylic acids is 1. The first kappa shape index (κ1) is 36.2. The van der Waals surface area contributed by atoms with Crippen LogP contribution in [0.3, 0.4) is 0 Å². The number of amides is 1. The van der Waals surface area contributed by atoms with Gasteiger partial charge in [-0.25, -0.2) is 0 Å². The first-order chi connectivity index (χ1) is 17.5. The average molecular weight is 663 g/mol. The van der Waals surface area contributed by atoms with E-state index in [-0.39, 0.29) is 20.8 Å². The molecule has 0 aliphatic carbocycles. The Balaban J connectivity index is 3.20. The number of unbranched alkanes of at least 4 members (excludes halogenated alkanes) is 4. The molecule has 0 radical (unpaired) electrons. The predicted octanol–water partition coefficient (Wildman–Crippen LogP) is 9.92. The number of hydrogen-bond donors (Lipinski definition) is 0. The van der Waals surface area contributed by atoms with Gasteiger partial charge in [0.15, 0.2) is 0 Å². The summed E-state index contributed by atoms with van der Waals surface area (Å²) < 4.78 is 23.4. The van der Waals surface area contributed by atoms with Crippen LogP contribution in [0.1, 0.15) is 127 Å². The van der Waals surface area contributed by atoms with E-state index in [1.807, 2.05) is 18.7 Å². The van der Waals surface area contributed by atoms with Gasteiger partial charge >= 0.3 is 243 Å². The summed E-state index contributed by atoms with van der Waals surface area (Å²) in [4.78, 5) is 15.8. The minimum absolute atomic E-state index is 0.126. The zero-order valence-corrected chi connectivity index (χ0v) is 31.4.